The molecule has 0 fully saturated rings. The summed E-state index contributed by atoms with van der Waals surface area (Å²) in [5.41, 5.74) is 0. The summed E-state index contributed by atoms with van der Waals surface area (Å²) >= 11 is 0. The standard InChI is InChI=1S/C8H7.C5H5.Co/c1-2-4-6-8-7-5-3-1;1-2-4-5-3-1;/h1-7H;1-5H;/q2*-1;+2. The summed E-state index contributed by atoms with van der Waals surface area (Å²) in [6.07, 6.45) is 16.5. The van der Waals surface area contributed by atoms with Crippen molar-refractivity contribution < 1.29 is 16.8 Å². The summed E-state index contributed by atoms with van der Waals surface area (Å²) in [5.74, 6) is 0. The van der Waals surface area contributed by atoms with Crippen LogP contribution in [0.5, 0.6) is 0 Å². The van der Waals surface area contributed by atoms with Gasteiger partial charge in [0.1, 0.15) is 0 Å². The van der Waals surface area contributed by atoms with Crippen LogP contribution in [-0.2, 0) is 16.8 Å². The predicted molar refractivity (Wildman–Crippen MR) is 57.3 cm³/mol. The second-order valence-corrected chi connectivity index (χ2v) is 2.42. The molecular formula is C13H12Co. The fourth-order valence-corrected chi connectivity index (χ4v) is 0.791. The molecule has 1 aliphatic rings. The zero-order valence-corrected chi connectivity index (χ0v) is 8.80. The third kappa shape index (κ3) is 7.46. The zero-order valence-electron chi connectivity index (χ0n) is 7.76. The van der Waals surface area contributed by atoms with Gasteiger partial charge in [0.25, 0.3) is 0 Å². The van der Waals surface area contributed by atoms with Gasteiger partial charge in [-0.25, -0.2) is 12.1 Å². The third-order valence-electron chi connectivity index (χ3n) is 1.38. The van der Waals surface area contributed by atoms with Gasteiger partial charge in [0.15, 0.2) is 0 Å². The minimum Gasteiger partial charge on any atom is -0.214 e. The van der Waals surface area contributed by atoms with Crippen LogP contribution in [-0.4, -0.2) is 0 Å². The van der Waals surface area contributed by atoms with Gasteiger partial charge in [0, 0.05) is 0 Å². The molecule has 1 radical (unpaired) electrons. The molecule has 0 nitrogen and oxygen atoms in total. The van der Waals surface area contributed by atoms with Gasteiger partial charge in [0.2, 0.25) is 0 Å². The molecule has 0 aliphatic heterocycles. The molecule has 1 aromatic carbocycles. The Morgan fingerprint density at radius 1 is 0.786 bits per heavy atom. The Labute approximate surface area is 95.9 Å². The van der Waals surface area contributed by atoms with Crippen LogP contribution in [0.15, 0.2) is 72.9 Å². The SMILES string of the molecule is [C-]1=CC=CC=CC=C1.[Co+2].c1cc[cH-]c1. The summed E-state index contributed by atoms with van der Waals surface area (Å²) in [5, 5.41) is 0. The maximum atomic E-state index is 2.94. The van der Waals surface area contributed by atoms with E-state index in [-0.39, 0.29) is 16.8 Å². The Kier molecular flexibility index (Phi) is 9.06. The Bertz CT molecular complexity index is 227. The topological polar surface area (TPSA) is 0 Å². The van der Waals surface area contributed by atoms with Gasteiger partial charge >= 0.3 is 16.8 Å². The molecule has 1 aromatic rings. The van der Waals surface area contributed by atoms with E-state index in [1.807, 2.05) is 72.9 Å². The van der Waals surface area contributed by atoms with E-state index in [0.717, 1.165) is 0 Å². The van der Waals surface area contributed by atoms with Crippen molar-refractivity contribution in [2.24, 2.45) is 0 Å². The fraction of sp³-hybridized carbons (Fsp3) is 0. The van der Waals surface area contributed by atoms with Crippen molar-refractivity contribution in [2.45, 2.75) is 0 Å². The molecule has 1 aliphatic carbocycles. The molecule has 0 atom stereocenters. The minimum atomic E-state index is 0. The molecule has 0 heterocycles. The first-order chi connectivity index (χ1) is 6.50. The first-order valence-corrected chi connectivity index (χ1v) is 4.24. The van der Waals surface area contributed by atoms with E-state index >= 15 is 0 Å². The molecule has 0 amide bonds. The predicted octanol–water partition coefficient (Wildman–Crippen LogP) is 3.43. The number of hydrogen-bond donors (Lipinski definition) is 0. The van der Waals surface area contributed by atoms with Gasteiger partial charge in [-0.3, -0.25) is 0 Å². The average Bonchev–Trinajstić information content (AvgIpc) is 2.58. The van der Waals surface area contributed by atoms with Crippen LogP contribution in [0.1, 0.15) is 0 Å². The summed E-state index contributed by atoms with van der Waals surface area (Å²) < 4.78 is 0. The van der Waals surface area contributed by atoms with Gasteiger partial charge in [0.05, 0.1) is 0 Å². The Hall–Kier alpha value is -1.18. The zero-order chi connectivity index (χ0) is 9.19. The van der Waals surface area contributed by atoms with Crippen LogP contribution in [0.2, 0.25) is 0 Å². The van der Waals surface area contributed by atoms with E-state index in [9.17, 15) is 0 Å². The maximum absolute atomic E-state index is 2.94. The van der Waals surface area contributed by atoms with E-state index in [1.165, 1.54) is 0 Å². The van der Waals surface area contributed by atoms with Gasteiger partial charge in [-0.1, -0.05) is 6.08 Å². The third-order valence-corrected chi connectivity index (χ3v) is 1.38. The summed E-state index contributed by atoms with van der Waals surface area (Å²) in [4.78, 5) is 0. The second kappa shape index (κ2) is 9.90. The number of hydrogen-bond acceptors (Lipinski definition) is 0. The smallest absolute Gasteiger partial charge is 0.214 e. The molecule has 1 heteroatoms. The molecule has 0 unspecified atom stereocenters. The molecule has 0 saturated carbocycles. The van der Waals surface area contributed by atoms with Crippen LogP contribution in [0.3, 0.4) is 0 Å². The average molecular weight is 227 g/mol. The molecule has 0 spiro atoms. The molecule has 14 heavy (non-hydrogen) atoms. The van der Waals surface area contributed by atoms with Crippen LogP contribution >= 0.6 is 0 Å². The van der Waals surface area contributed by atoms with Crippen molar-refractivity contribution in [3.8, 4) is 0 Å². The van der Waals surface area contributed by atoms with Gasteiger partial charge in [-0.15, -0.1) is 12.2 Å². The fourth-order valence-electron chi connectivity index (χ4n) is 0.791. The van der Waals surface area contributed by atoms with Crippen molar-refractivity contribution in [1.29, 1.82) is 0 Å². The summed E-state index contributed by atoms with van der Waals surface area (Å²) in [6.45, 7) is 0. The van der Waals surface area contributed by atoms with Crippen molar-refractivity contribution >= 4 is 0 Å². The number of allylic oxidation sites excluding steroid dienone is 8. The molecule has 0 saturated heterocycles. The molecule has 0 bridgehead atoms. The van der Waals surface area contributed by atoms with Crippen LogP contribution in [0.25, 0.3) is 0 Å². The van der Waals surface area contributed by atoms with Crippen LogP contribution < -0.4 is 0 Å². The van der Waals surface area contributed by atoms with Crippen molar-refractivity contribution in [2.75, 3.05) is 0 Å². The second-order valence-electron chi connectivity index (χ2n) is 2.42. The molecule has 0 aromatic heterocycles. The summed E-state index contributed by atoms with van der Waals surface area (Å²) in [7, 11) is 0. The monoisotopic (exact) mass is 227 g/mol. The first-order valence-electron chi connectivity index (χ1n) is 4.24. The number of rotatable bonds is 0. The van der Waals surface area contributed by atoms with Crippen LogP contribution in [0.4, 0.5) is 0 Å². The Morgan fingerprint density at radius 3 is 2.07 bits per heavy atom. The van der Waals surface area contributed by atoms with Crippen molar-refractivity contribution in [3.05, 3.63) is 78.9 Å². The van der Waals surface area contributed by atoms with Gasteiger partial charge in [-0.05, 0) is 0 Å². The minimum absolute atomic E-state index is 0. The van der Waals surface area contributed by atoms with E-state index < -0.39 is 0 Å². The maximum Gasteiger partial charge on any atom is 2.00 e. The Morgan fingerprint density at radius 2 is 1.43 bits per heavy atom. The van der Waals surface area contributed by atoms with Crippen LogP contribution in [0, 0.1) is 6.08 Å². The van der Waals surface area contributed by atoms with Crippen molar-refractivity contribution in [3.63, 3.8) is 0 Å². The molecule has 73 valence electrons. The molecule has 0 N–H and O–H groups in total. The van der Waals surface area contributed by atoms with Crippen molar-refractivity contribution in [1.82, 2.24) is 0 Å². The summed E-state index contributed by atoms with van der Waals surface area (Å²) in [6, 6.07) is 10.0. The largest absolute Gasteiger partial charge is 2.00 e. The first kappa shape index (κ1) is 12.8. The van der Waals surface area contributed by atoms with Gasteiger partial charge in [-0.2, -0.15) is 48.6 Å². The van der Waals surface area contributed by atoms with E-state index in [0.29, 0.717) is 0 Å². The normalized spacial score (nSPS) is 12.0. The Balaban J connectivity index is 0.000000246. The van der Waals surface area contributed by atoms with E-state index in [1.54, 1.807) is 0 Å². The van der Waals surface area contributed by atoms with E-state index in [2.05, 4.69) is 6.08 Å². The van der Waals surface area contributed by atoms with E-state index in [4.69, 9.17) is 0 Å². The quantitative estimate of drug-likeness (QED) is 0.595. The van der Waals surface area contributed by atoms with Gasteiger partial charge < -0.3 is 0 Å². The molecule has 2 rings (SSSR count). The molecular weight excluding hydrogens is 215 g/mol.